The van der Waals surface area contributed by atoms with Crippen molar-refractivity contribution in [1.82, 2.24) is 25.3 Å². The molecule has 3 heterocycles. The van der Waals surface area contributed by atoms with Crippen molar-refractivity contribution in [2.24, 2.45) is 0 Å². The van der Waals surface area contributed by atoms with Crippen molar-refractivity contribution in [1.29, 1.82) is 0 Å². The van der Waals surface area contributed by atoms with Gasteiger partial charge in [0.2, 0.25) is 0 Å². The molecular formula is C22H22N6O3S. The third kappa shape index (κ3) is 4.57. The van der Waals surface area contributed by atoms with Crippen LogP contribution >= 0.6 is 11.3 Å². The van der Waals surface area contributed by atoms with Crippen LogP contribution in [0.15, 0.2) is 48.9 Å². The maximum Gasteiger partial charge on any atom is 0.321 e. The van der Waals surface area contributed by atoms with Crippen molar-refractivity contribution in [3.05, 3.63) is 54.7 Å². The van der Waals surface area contributed by atoms with E-state index in [1.807, 2.05) is 37.3 Å². The van der Waals surface area contributed by atoms with Crippen molar-refractivity contribution in [3.8, 4) is 22.4 Å². The molecule has 0 radical (unpaired) electrons. The predicted molar refractivity (Wildman–Crippen MR) is 123 cm³/mol. The smallest absolute Gasteiger partial charge is 0.321 e. The van der Waals surface area contributed by atoms with Gasteiger partial charge in [-0.1, -0.05) is 17.4 Å². The summed E-state index contributed by atoms with van der Waals surface area (Å²) in [7, 11) is 0. The third-order valence-electron chi connectivity index (χ3n) is 4.72. The Morgan fingerprint density at radius 2 is 1.91 bits per heavy atom. The monoisotopic (exact) mass is 450 g/mol. The lowest BCUT2D eigenvalue weighted by Crippen LogP contribution is -2.28. The molecule has 0 fully saturated rings. The van der Waals surface area contributed by atoms with Gasteiger partial charge in [-0.2, -0.15) is 0 Å². The Morgan fingerprint density at radius 3 is 2.56 bits per heavy atom. The molecule has 2 atom stereocenters. The minimum absolute atomic E-state index is 0.150. The van der Waals surface area contributed by atoms with Gasteiger partial charge in [0.25, 0.3) is 0 Å². The Morgan fingerprint density at radius 1 is 1.12 bits per heavy atom. The maximum atomic E-state index is 11.9. The SMILES string of the molecule is CCNC(=O)Nc1nc2cc(-c3cnc([C@H](O)[C@@H](C)O)nc3)cc(-c3ccccn3)c2s1. The van der Waals surface area contributed by atoms with Gasteiger partial charge in [0.05, 0.1) is 22.0 Å². The molecule has 0 unspecified atom stereocenters. The summed E-state index contributed by atoms with van der Waals surface area (Å²) in [6.45, 7) is 3.83. The van der Waals surface area contributed by atoms with Gasteiger partial charge in [0.15, 0.2) is 11.0 Å². The fourth-order valence-electron chi connectivity index (χ4n) is 3.12. The van der Waals surface area contributed by atoms with Crippen LogP contribution in [0.25, 0.3) is 32.6 Å². The third-order valence-corrected chi connectivity index (χ3v) is 5.74. The predicted octanol–water partition coefficient (Wildman–Crippen LogP) is 3.37. The fourth-order valence-corrected chi connectivity index (χ4v) is 4.09. The van der Waals surface area contributed by atoms with Crippen molar-refractivity contribution in [2.45, 2.75) is 26.1 Å². The van der Waals surface area contributed by atoms with Gasteiger partial charge in [0, 0.05) is 36.3 Å². The Balaban J connectivity index is 1.79. The number of thiazole rings is 1. The number of carbonyl (C=O) groups is 1. The summed E-state index contributed by atoms with van der Waals surface area (Å²) in [6, 6.07) is 9.22. The van der Waals surface area contributed by atoms with Crippen molar-refractivity contribution in [2.75, 3.05) is 11.9 Å². The van der Waals surface area contributed by atoms with Crippen LogP contribution in [-0.2, 0) is 0 Å². The molecular weight excluding hydrogens is 428 g/mol. The fraction of sp³-hybridized carbons (Fsp3) is 0.227. The number of hydrogen-bond donors (Lipinski definition) is 4. The number of amides is 2. The molecule has 0 aliphatic rings. The summed E-state index contributed by atoms with van der Waals surface area (Å²) in [5, 5.41) is 25.5. The van der Waals surface area contributed by atoms with Gasteiger partial charge in [-0.25, -0.2) is 19.7 Å². The first-order valence-corrected chi connectivity index (χ1v) is 10.9. The molecule has 4 N–H and O–H groups in total. The molecule has 3 aromatic heterocycles. The summed E-state index contributed by atoms with van der Waals surface area (Å²) in [5.41, 5.74) is 3.87. The van der Waals surface area contributed by atoms with Crippen LogP contribution in [0.1, 0.15) is 25.8 Å². The molecule has 0 bridgehead atoms. The lowest BCUT2D eigenvalue weighted by molar-refractivity contribution is 0.0249. The number of anilines is 1. The second-order valence-corrected chi connectivity index (χ2v) is 8.10. The highest BCUT2D eigenvalue weighted by Gasteiger charge is 2.18. The van der Waals surface area contributed by atoms with Crippen molar-refractivity contribution < 1.29 is 15.0 Å². The number of aliphatic hydroxyl groups is 2. The first kappa shape index (κ1) is 21.8. The van der Waals surface area contributed by atoms with Crippen LogP contribution in [0.2, 0.25) is 0 Å². The summed E-state index contributed by atoms with van der Waals surface area (Å²) in [6.07, 6.45) is 2.78. The molecule has 0 aliphatic carbocycles. The summed E-state index contributed by atoms with van der Waals surface area (Å²) >= 11 is 1.37. The minimum Gasteiger partial charge on any atom is -0.390 e. The van der Waals surface area contributed by atoms with E-state index < -0.39 is 12.2 Å². The van der Waals surface area contributed by atoms with E-state index in [9.17, 15) is 15.0 Å². The highest BCUT2D eigenvalue weighted by Crippen LogP contribution is 2.38. The standard InChI is InChI=1S/C22H22N6O3S/c1-3-23-21(31)28-22-27-17-9-13(14-10-25-20(26-11-14)18(30)12(2)29)8-15(19(17)32-22)16-6-4-5-7-24-16/h4-12,18,29-30H,3H2,1-2H3,(H2,23,27,28,31)/t12-,18-/m1/s1. The van der Waals surface area contributed by atoms with Gasteiger partial charge in [-0.3, -0.25) is 10.3 Å². The highest BCUT2D eigenvalue weighted by atomic mass is 32.1. The Bertz CT molecular complexity index is 1230. The maximum absolute atomic E-state index is 11.9. The molecule has 2 amide bonds. The molecule has 0 saturated heterocycles. The van der Waals surface area contributed by atoms with Crippen molar-refractivity contribution >= 4 is 32.7 Å². The van der Waals surface area contributed by atoms with E-state index in [0.717, 1.165) is 27.1 Å². The van der Waals surface area contributed by atoms with E-state index in [4.69, 9.17) is 0 Å². The van der Waals surface area contributed by atoms with Crippen LogP contribution in [0.5, 0.6) is 0 Å². The second kappa shape index (κ2) is 9.35. The van der Waals surface area contributed by atoms with E-state index >= 15 is 0 Å². The minimum atomic E-state index is -1.16. The molecule has 0 spiro atoms. The molecule has 0 aliphatic heterocycles. The zero-order valence-electron chi connectivity index (χ0n) is 17.5. The van der Waals surface area contributed by atoms with E-state index in [-0.39, 0.29) is 11.9 Å². The topological polar surface area (TPSA) is 133 Å². The van der Waals surface area contributed by atoms with Gasteiger partial charge in [-0.05, 0) is 43.7 Å². The van der Waals surface area contributed by atoms with Crippen molar-refractivity contribution in [3.63, 3.8) is 0 Å². The molecule has 4 rings (SSSR count). The summed E-state index contributed by atoms with van der Waals surface area (Å²) in [4.78, 5) is 29.4. The van der Waals surface area contributed by atoms with Crippen LogP contribution in [0.3, 0.4) is 0 Å². The first-order valence-electron chi connectivity index (χ1n) is 10.1. The average Bonchev–Trinajstić information content (AvgIpc) is 3.20. The lowest BCUT2D eigenvalue weighted by atomic mass is 10.0. The molecule has 4 aromatic rings. The number of pyridine rings is 1. The molecule has 9 nitrogen and oxygen atoms in total. The number of fused-ring (bicyclic) bond motifs is 1. The van der Waals surface area contributed by atoms with Gasteiger partial charge in [0.1, 0.15) is 6.10 Å². The number of hydrogen-bond acceptors (Lipinski definition) is 8. The number of urea groups is 1. The van der Waals surface area contributed by atoms with E-state index in [1.54, 1.807) is 18.6 Å². The van der Waals surface area contributed by atoms with Gasteiger partial charge in [-0.15, -0.1) is 0 Å². The van der Waals surface area contributed by atoms with E-state index in [2.05, 4.69) is 30.6 Å². The second-order valence-electron chi connectivity index (χ2n) is 7.11. The van der Waals surface area contributed by atoms with Gasteiger partial charge < -0.3 is 15.5 Å². The first-order chi connectivity index (χ1) is 15.5. The van der Waals surface area contributed by atoms with Crippen LogP contribution < -0.4 is 10.6 Å². The van der Waals surface area contributed by atoms with Crippen LogP contribution in [-0.4, -0.2) is 48.8 Å². The normalized spacial score (nSPS) is 13.0. The molecule has 164 valence electrons. The quantitative estimate of drug-likeness (QED) is 0.354. The Labute approximate surface area is 188 Å². The molecule has 10 heteroatoms. The highest BCUT2D eigenvalue weighted by molar-refractivity contribution is 7.22. The van der Waals surface area contributed by atoms with Crippen LogP contribution in [0, 0.1) is 0 Å². The largest absolute Gasteiger partial charge is 0.390 e. The molecule has 1 aromatic carbocycles. The zero-order valence-corrected chi connectivity index (χ0v) is 18.3. The number of rotatable bonds is 6. The number of aliphatic hydroxyl groups excluding tert-OH is 2. The average molecular weight is 451 g/mol. The number of aromatic nitrogens is 4. The number of carbonyl (C=O) groups excluding carboxylic acids is 1. The number of nitrogens with zero attached hydrogens (tertiary/aromatic N) is 4. The summed E-state index contributed by atoms with van der Waals surface area (Å²) in [5.74, 6) is 0.150. The van der Waals surface area contributed by atoms with E-state index in [0.29, 0.717) is 17.2 Å². The number of benzene rings is 1. The lowest BCUT2D eigenvalue weighted by Gasteiger charge is -2.12. The Hall–Kier alpha value is -3.47. The molecule has 32 heavy (non-hydrogen) atoms. The van der Waals surface area contributed by atoms with Gasteiger partial charge >= 0.3 is 6.03 Å². The molecule has 0 saturated carbocycles. The Kier molecular flexibility index (Phi) is 6.35. The van der Waals surface area contributed by atoms with Crippen LogP contribution in [0.4, 0.5) is 9.93 Å². The summed E-state index contributed by atoms with van der Waals surface area (Å²) < 4.78 is 0.890. The van der Waals surface area contributed by atoms with E-state index in [1.165, 1.54) is 18.3 Å². The zero-order chi connectivity index (χ0) is 22.7. The number of nitrogens with one attached hydrogen (secondary N) is 2.